The van der Waals surface area contributed by atoms with E-state index in [9.17, 15) is 8.42 Å². The quantitative estimate of drug-likeness (QED) is 0.749. The monoisotopic (exact) mass is 271 g/mol. The lowest BCUT2D eigenvalue weighted by Gasteiger charge is -2.14. The van der Waals surface area contributed by atoms with Gasteiger partial charge in [-0.15, -0.1) is 4.83 Å². The van der Waals surface area contributed by atoms with Crippen LogP contribution >= 0.6 is 0 Å². The first-order chi connectivity index (χ1) is 8.40. The van der Waals surface area contributed by atoms with E-state index in [2.05, 4.69) is 17.1 Å². The second-order valence-electron chi connectivity index (χ2n) is 4.30. The van der Waals surface area contributed by atoms with Crippen molar-refractivity contribution in [1.29, 1.82) is 0 Å². The van der Waals surface area contributed by atoms with Crippen LogP contribution in [0.4, 0.5) is 0 Å². The van der Waals surface area contributed by atoms with Crippen LogP contribution in [0.1, 0.15) is 18.1 Å². The first-order valence-electron chi connectivity index (χ1n) is 5.87. The van der Waals surface area contributed by atoms with Crippen molar-refractivity contribution in [2.24, 2.45) is 0 Å². The molecule has 0 aliphatic rings. The van der Waals surface area contributed by atoms with Gasteiger partial charge in [0.1, 0.15) is 0 Å². The zero-order chi connectivity index (χ0) is 13.8. The SMILES string of the molecule is CCc1ccc(S(=O)(=O)NN(C)C)cc1CNC. The largest absolute Gasteiger partial charge is 0.316 e. The van der Waals surface area contributed by atoms with Crippen molar-refractivity contribution in [2.45, 2.75) is 24.8 Å². The molecule has 1 aromatic rings. The minimum absolute atomic E-state index is 0.290. The third-order valence-electron chi connectivity index (χ3n) is 2.54. The van der Waals surface area contributed by atoms with Crippen LogP contribution in [0.2, 0.25) is 0 Å². The Labute approximate surface area is 109 Å². The standard InChI is InChI=1S/C12H21N3O2S/c1-5-10-6-7-12(8-11(10)9-13-2)18(16,17)14-15(3)4/h6-8,13-14H,5,9H2,1-4H3. The van der Waals surface area contributed by atoms with Crippen molar-refractivity contribution >= 4 is 10.0 Å². The molecule has 6 heteroatoms. The van der Waals surface area contributed by atoms with Crippen LogP contribution in [0.25, 0.3) is 0 Å². The minimum atomic E-state index is -3.48. The second kappa shape index (κ2) is 6.29. The molecule has 1 aromatic carbocycles. The summed E-state index contributed by atoms with van der Waals surface area (Å²) in [5.41, 5.74) is 2.18. The molecule has 0 unspecified atom stereocenters. The molecule has 1 rings (SSSR count). The average molecular weight is 271 g/mol. The van der Waals surface area contributed by atoms with E-state index in [1.165, 1.54) is 5.01 Å². The summed E-state index contributed by atoms with van der Waals surface area (Å²) in [5.74, 6) is 0. The summed E-state index contributed by atoms with van der Waals surface area (Å²) in [5, 5.41) is 4.47. The number of aryl methyl sites for hydroxylation is 1. The number of nitrogens with one attached hydrogen (secondary N) is 2. The molecule has 5 nitrogen and oxygen atoms in total. The van der Waals surface area contributed by atoms with Crippen molar-refractivity contribution in [3.8, 4) is 0 Å². The molecule has 0 aliphatic carbocycles. The molecule has 0 heterocycles. The summed E-state index contributed by atoms with van der Waals surface area (Å²) in [7, 11) is 1.66. The van der Waals surface area contributed by atoms with Crippen molar-refractivity contribution in [3.63, 3.8) is 0 Å². The Balaban J connectivity index is 3.15. The highest BCUT2D eigenvalue weighted by Crippen LogP contribution is 2.16. The van der Waals surface area contributed by atoms with Crippen molar-refractivity contribution in [2.75, 3.05) is 21.1 Å². The maximum Gasteiger partial charge on any atom is 0.253 e. The number of hydrogen-bond donors (Lipinski definition) is 2. The van der Waals surface area contributed by atoms with E-state index in [4.69, 9.17) is 0 Å². The van der Waals surface area contributed by atoms with Crippen molar-refractivity contribution in [1.82, 2.24) is 15.2 Å². The molecular weight excluding hydrogens is 250 g/mol. The van der Waals surface area contributed by atoms with Crippen LogP contribution in [0.15, 0.2) is 23.1 Å². The highest BCUT2D eigenvalue weighted by atomic mass is 32.2. The minimum Gasteiger partial charge on any atom is -0.316 e. The topological polar surface area (TPSA) is 61.4 Å². The highest BCUT2D eigenvalue weighted by Gasteiger charge is 2.16. The van der Waals surface area contributed by atoms with E-state index >= 15 is 0 Å². The van der Waals surface area contributed by atoms with Gasteiger partial charge >= 0.3 is 0 Å². The highest BCUT2D eigenvalue weighted by molar-refractivity contribution is 7.89. The smallest absolute Gasteiger partial charge is 0.253 e. The fourth-order valence-electron chi connectivity index (χ4n) is 1.76. The number of benzene rings is 1. The zero-order valence-electron chi connectivity index (χ0n) is 11.3. The number of nitrogens with zero attached hydrogens (tertiary/aromatic N) is 1. The third-order valence-corrected chi connectivity index (χ3v) is 4.02. The van der Waals surface area contributed by atoms with Gasteiger partial charge < -0.3 is 5.32 Å². The normalized spacial score (nSPS) is 12.1. The van der Waals surface area contributed by atoms with Crippen molar-refractivity contribution in [3.05, 3.63) is 29.3 Å². The molecule has 0 aliphatic heterocycles. The van der Waals surface area contributed by atoms with Crippen molar-refractivity contribution < 1.29 is 8.42 Å². The lowest BCUT2D eigenvalue weighted by atomic mass is 10.1. The van der Waals surface area contributed by atoms with Gasteiger partial charge in [-0.25, -0.2) is 13.4 Å². The maximum absolute atomic E-state index is 12.0. The molecule has 0 amide bonds. The van der Waals surface area contributed by atoms with E-state index in [1.807, 2.05) is 13.1 Å². The van der Waals surface area contributed by atoms with Gasteiger partial charge in [0.15, 0.2) is 0 Å². The molecule has 0 spiro atoms. The lowest BCUT2D eigenvalue weighted by Crippen LogP contribution is -2.36. The fourth-order valence-corrected chi connectivity index (χ4v) is 2.89. The molecule has 0 bridgehead atoms. The Kier molecular flexibility index (Phi) is 5.28. The lowest BCUT2D eigenvalue weighted by molar-refractivity contribution is 0.364. The van der Waals surface area contributed by atoms with Gasteiger partial charge in [0.05, 0.1) is 4.90 Å². The van der Waals surface area contributed by atoms with E-state index in [1.54, 1.807) is 26.2 Å². The molecule has 102 valence electrons. The number of rotatable bonds is 6. The van der Waals surface area contributed by atoms with E-state index in [0.29, 0.717) is 11.4 Å². The number of sulfonamides is 1. The van der Waals surface area contributed by atoms with Gasteiger partial charge in [-0.05, 0) is 36.7 Å². The summed E-state index contributed by atoms with van der Waals surface area (Å²) in [6.45, 7) is 2.72. The van der Waals surface area contributed by atoms with Gasteiger partial charge in [-0.2, -0.15) is 0 Å². The number of hydrazine groups is 1. The van der Waals surface area contributed by atoms with E-state index < -0.39 is 10.0 Å². The maximum atomic E-state index is 12.0. The third kappa shape index (κ3) is 3.78. The molecule has 0 saturated heterocycles. The molecule has 0 aromatic heterocycles. The van der Waals surface area contributed by atoms with Gasteiger partial charge in [0.25, 0.3) is 10.0 Å². The summed E-state index contributed by atoms with van der Waals surface area (Å²) >= 11 is 0. The van der Waals surface area contributed by atoms with Gasteiger partial charge in [0, 0.05) is 20.6 Å². The van der Waals surface area contributed by atoms with Crippen LogP contribution in [-0.4, -0.2) is 34.6 Å². The molecule has 0 fully saturated rings. The number of hydrogen-bond acceptors (Lipinski definition) is 4. The Morgan fingerprint density at radius 2 is 1.89 bits per heavy atom. The molecule has 0 saturated carbocycles. The van der Waals surface area contributed by atoms with Gasteiger partial charge in [0.2, 0.25) is 0 Å². The summed E-state index contributed by atoms with van der Waals surface area (Å²) in [4.78, 5) is 2.72. The average Bonchev–Trinajstić information content (AvgIpc) is 2.27. The van der Waals surface area contributed by atoms with E-state index in [0.717, 1.165) is 17.5 Å². The summed E-state index contributed by atoms with van der Waals surface area (Å²) < 4.78 is 24.1. The Hall–Kier alpha value is -0.950. The molecule has 18 heavy (non-hydrogen) atoms. The van der Waals surface area contributed by atoms with Gasteiger partial charge in [-0.1, -0.05) is 13.0 Å². The Morgan fingerprint density at radius 1 is 1.22 bits per heavy atom. The Bertz CT molecular complexity index is 498. The summed E-state index contributed by atoms with van der Waals surface area (Å²) in [6, 6.07) is 5.24. The molecular formula is C12H21N3O2S. The van der Waals surface area contributed by atoms with Crippen LogP contribution in [0.5, 0.6) is 0 Å². The summed E-state index contributed by atoms with van der Waals surface area (Å²) in [6.07, 6.45) is 0.887. The predicted molar refractivity (Wildman–Crippen MR) is 72.6 cm³/mol. The Morgan fingerprint density at radius 3 is 2.39 bits per heavy atom. The van der Waals surface area contributed by atoms with Crippen LogP contribution in [0, 0.1) is 0 Å². The predicted octanol–water partition coefficient (Wildman–Crippen LogP) is 0.723. The van der Waals surface area contributed by atoms with E-state index in [-0.39, 0.29) is 0 Å². The molecule has 0 radical (unpaired) electrons. The molecule has 0 atom stereocenters. The van der Waals surface area contributed by atoms with Gasteiger partial charge in [-0.3, -0.25) is 0 Å². The second-order valence-corrected chi connectivity index (χ2v) is 5.96. The zero-order valence-corrected chi connectivity index (χ0v) is 12.1. The first-order valence-corrected chi connectivity index (χ1v) is 7.35. The van der Waals surface area contributed by atoms with Crippen LogP contribution in [0.3, 0.4) is 0 Å². The first kappa shape index (κ1) is 15.1. The molecule has 2 N–H and O–H groups in total. The van der Waals surface area contributed by atoms with Crippen LogP contribution in [-0.2, 0) is 23.0 Å². The van der Waals surface area contributed by atoms with Crippen LogP contribution < -0.4 is 10.1 Å². The fraction of sp³-hybridized carbons (Fsp3) is 0.500.